The zero-order valence-corrected chi connectivity index (χ0v) is 28.7. The first-order chi connectivity index (χ1) is 22.2. The first kappa shape index (κ1) is 35.2. The van der Waals surface area contributed by atoms with Crippen molar-refractivity contribution in [3.05, 3.63) is 80.8 Å². The minimum absolute atomic E-state index is 0.0753. The predicted octanol–water partition coefficient (Wildman–Crippen LogP) is 5.64. The van der Waals surface area contributed by atoms with Crippen LogP contribution in [0.15, 0.2) is 47.3 Å². The maximum absolute atomic E-state index is 13.9. The Hall–Kier alpha value is -3.66. The van der Waals surface area contributed by atoms with E-state index in [0.29, 0.717) is 36.4 Å². The van der Waals surface area contributed by atoms with Crippen molar-refractivity contribution in [3.63, 3.8) is 0 Å². The fourth-order valence-corrected chi connectivity index (χ4v) is 6.60. The van der Waals surface area contributed by atoms with Gasteiger partial charge in [-0.05, 0) is 101 Å². The van der Waals surface area contributed by atoms with Gasteiger partial charge in [0.2, 0.25) is 0 Å². The summed E-state index contributed by atoms with van der Waals surface area (Å²) in [6.07, 6.45) is 4.43. The van der Waals surface area contributed by atoms with E-state index in [-0.39, 0.29) is 17.9 Å². The monoisotopic (exact) mass is 632 g/mol. The highest BCUT2D eigenvalue weighted by Crippen LogP contribution is 2.36. The van der Waals surface area contributed by atoms with Crippen LogP contribution in [0.2, 0.25) is 0 Å². The predicted molar refractivity (Wildman–Crippen MR) is 185 cm³/mol. The smallest absolute Gasteiger partial charge is 0.251 e. The van der Waals surface area contributed by atoms with Crippen LogP contribution >= 0.6 is 0 Å². The molecule has 1 aliphatic carbocycles. The number of hydrogen-bond donors (Lipinski definition) is 2. The number of aromatic amines is 1. The molecule has 0 bridgehead atoms. The molecule has 0 radical (unpaired) electrons. The number of likely N-dealkylation sites (N-methyl/N-ethyl adjacent to an activating group) is 1. The second-order valence-corrected chi connectivity index (χ2v) is 12.4. The topological polar surface area (TPSA) is 96.1 Å². The number of rotatable bonds is 15. The molecule has 1 aliphatic rings. The molecular weight excluding hydrogens is 580 g/mol. The van der Waals surface area contributed by atoms with E-state index in [4.69, 9.17) is 14.2 Å². The summed E-state index contributed by atoms with van der Waals surface area (Å²) in [4.78, 5) is 34.7. The molecule has 0 saturated heterocycles. The van der Waals surface area contributed by atoms with Crippen molar-refractivity contribution in [2.24, 2.45) is 0 Å². The summed E-state index contributed by atoms with van der Waals surface area (Å²) in [7, 11) is 5.60. The molecule has 2 N–H and O–H groups in total. The van der Waals surface area contributed by atoms with Crippen molar-refractivity contribution >= 4 is 11.6 Å². The van der Waals surface area contributed by atoms with Crippen LogP contribution in [0.3, 0.4) is 0 Å². The number of carbonyl (C=O) groups excluding carboxylic acids is 1. The van der Waals surface area contributed by atoms with E-state index in [9.17, 15) is 9.59 Å². The number of ether oxygens (including phenoxy) is 3. The number of anilines is 1. The van der Waals surface area contributed by atoms with Gasteiger partial charge in [-0.3, -0.25) is 9.59 Å². The van der Waals surface area contributed by atoms with E-state index in [0.717, 1.165) is 84.9 Å². The number of carbonyl (C=O) groups is 1. The van der Waals surface area contributed by atoms with Crippen LogP contribution in [0, 0.1) is 20.8 Å². The van der Waals surface area contributed by atoms with E-state index >= 15 is 0 Å². The number of hydrogen-bond acceptors (Lipinski definition) is 7. The third kappa shape index (κ3) is 8.78. The summed E-state index contributed by atoms with van der Waals surface area (Å²) in [5.74, 6) is 0.575. The van der Waals surface area contributed by atoms with Gasteiger partial charge < -0.3 is 34.3 Å². The van der Waals surface area contributed by atoms with Gasteiger partial charge in [0, 0.05) is 80.2 Å². The van der Waals surface area contributed by atoms with Gasteiger partial charge in [-0.15, -0.1) is 0 Å². The molecule has 1 saturated carbocycles. The lowest BCUT2D eigenvalue weighted by atomic mass is 9.88. The Morgan fingerprint density at radius 1 is 0.913 bits per heavy atom. The molecule has 9 nitrogen and oxygen atoms in total. The molecule has 1 aromatic heterocycles. The summed E-state index contributed by atoms with van der Waals surface area (Å²) < 4.78 is 16.2. The largest absolute Gasteiger partial charge is 0.491 e. The van der Waals surface area contributed by atoms with Crippen molar-refractivity contribution in [3.8, 4) is 16.9 Å². The maximum atomic E-state index is 13.9. The Morgan fingerprint density at radius 3 is 2.22 bits per heavy atom. The first-order valence-electron chi connectivity index (χ1n) is 16.5. The fourth-order valence-electron chi connectivity index (χ4n) is 6.60. The quantitative estimate of drug-likeness (QED) is 0.210. The van der Waals surface area contributed by atoms with Crippen LogP contribution < -0.4 is 20.4 Å². The van der Waals surface area contributed by atoms with Gasteiger partial charge in [0.15, 0.2) is 5.43 Å². The third-order valence-electron chi connectivity index (χ3n) is 9.31. The Balaban J connectivity index is 1.64. The van der Waals surface area contributed by atoms with Crippen LogP contribution in [-0.4, -0.2) is 82.1 Å². The lowest BCUT2D eigenvalue weighted by molar-refractivity contribution is 0.0950. The number of pyridine rings is 1. The van der Waals surface area contributed by atoms with Gasteiger partial charge >= 0.3 is 0 Å². The molecule has 0 aliphatic heterocycles. The fraction of sp³-hybridized carbons (Fsp3) is 0.514. The van der Waals surface area contributed by atoms with Crippen molar-refractivity contribution in [2.45, 2.75) is 72.0 Å². The van der Waals surface area contributed by atoms with Crippen molar-refractivity contribution in [1.82, 2.24) is 15.2 Å². The molecule has 0 atom stereocenters. The highest BCUT2D eigenvalue weighted by Gasteiger charge is 2.29. The second-order valence-electron chi connectivity index (χ2n) is 12.4. The lowest BCUT2D eigenvalue weighted by Gasteiger charge is -2.41. The summed E-state index contributed by atoms with van der Waals surface area (Å²) in [6.45, 7) is 11.6. The first-order valence-corrected chi connectivity index (χ1v) is 16.5. The van der Waals surface area contributed by atoms with Crippen molar-refractivity contribution < 1.29 is 19.0 Å². The van der Waals surface area contributed by atoms with Crippen molar-refractivity contribution in [1.29, 1.82) is 0 Å². The number of amides is 1. The van der Waals surface area contributed by atoms with Gasteiger partial charge in [0.05, 0.1) is 13.2 Å². The Bertz CT molecular complexity index is 1490. The minimum Gasteiger partial charge on any atom is -0.491 e. The number of benzene rings is 2. The molecule has 0 unspecified atom stereocenters. The second kappa shape index (κ2) is 16.8. The molecule has 1 amide bonds. The zero-order valence-electron chi connectivity index (χ0n) is 28.7. The van der Waals surface area contributed by atoms with Gasteiger partial charge in [0.25, 0.3) is 5.91 Å². The Kier molecular flexibility index (Phi) is 12.8. The van der Waals surface area contributed by atoms with E-state index in [2.05, 4.69) is 40.1 Å². The molecule has 250 valence electrons. The molecule has 3 aromatic rings. The lowest BCUT2D eigenvalue weighted by Crippen LogP contribution is -2.44. The molecule has 2 aromatic carbocycles. The van der Waals surface area contributed by atoms with E-state index in [1.54, 1.807) is 20.3 Å². The Morgan fingerprint density at radius 2 is 1.59 bits per heavy atom. The van der Waals surface area contributed by atoms with Gasteiger partial charge in [-0.1, -0.05) is 12.1 Å². The van der Waals surface area contributed by atoms with E-state index in [1.807, 2.05) is 51.1 Å². The Labute approximate surface area is 274 Å². The van der Waals surface area contributed by atoms with E-state index < -0.39 is 0 Å². The number of nitrogens with one attached hydrogen (secondary N) is 2. The zero-order chi connectivity index (χ0) is 33.2. The van der Waals surface area contributed by atoms with Crippen LogP contribution in [0.1, 0.15) is 65.5 Å². The van der Waals surface area contributed by atoms with Crippen LogP contribution in [0.5, 0.6) is 5.75 Å². The molecule has 1 heterocycles. The number of aryl methyl sites for hydroxylation is 2. The third-order valence-corrected chi connectivity index (χ3v) is 9.31. The summed E-state index contributed by atoms with van der Waals surface area (Å²) in [5, 5.41) is 3.05. The molecule has 0 spiro atoms. The average Bonchev–Trinajstić information content (AvgIpc) is 3.05. The molecule has 1 fully saturated rings. The van der Waals surface area contributed by atoms with Crippen LogP contribution in [-0.2, 0) is 16.0 Å². The number of nitrogens with zero attached hydrogens (tertiary/aromatic N) is 2. The van der Waals surface area contributed by atoms with Crippen LogP contribution in [0.25, 0.3) is 11.1 Å². The highest BCUT2D eigenvalue weighted by atomic mass is 16.5. The van der Waals surface area contributed by atoms with Gasteiger partial charge in [-0.25, -0.2) is 0 Å². The SMILES string of the molecule is CCN(c1cc(-c2ccc(OCCOC)cc2)cc(C(=O)NCc2c(C)[nH]c(C)cc2=O)c1C)C1CCC(N(C)CCOC)CC1. The summed E-state index contributed by atoms with van der Waals surface area (Å²) >= 11 is 0. The summed E-state index contributed by atoms with van der Waals surface area (Å²) in [5.41, 5.74) is 6.65. The highest BCUT2D eigenvalue weighted by molar-refractivity contribution is 5.99. The van der Waals surface area contributed by atoms with Crippen molar-refractivity contribution in [2.75, 3.05) is 59.1 Å². The van der Waals surface area contributed by atoms with Crippen LogP contribution in [0.4, 0.5) is 5.69 Å². The number of aromatic nitrogens is 1. The maximum Gasteiger partial charge on any atom is 0.251 e. The standard InChI is InChI=1S/C37H52N4O5/c1-8-41(31-13-11-30(12-14-31)40(5)17-18-44-6)35-23-29(28-9-15-32(16-10-28)46-20-19-45-7)22-33(26(35)3)37(43)38-24-34-27(4)39-25(2)21-36(34)42/h9-10,15-16,21-23,30-31H,8,11-14,17-20,24H2,1-7H3,(H,38,43)(H,39,42). The number of methoxy groups -OCH3 is 2. The average molecular weight is 633 g/mol. The molecule has 9 heteroatoms. The van der Waals surface area contributed by atoms with Gasteiger partial charge in [-0.2, -0.15) is 0 Å². The van der Waals surface area contributed by atoms with Gasteiger partial charge in [0.1, 0.15) is 12.4 Å². The molecular formula is C37H52N4O5. The molecule has 4 rings (SSSR count). The minimum atomic E-state index is -0.195. The molecule has 46 heavy (non-hydrogen) atoms. The number of H-pyrrole nitrogens is 1. The summed E-state index contributed by atoms with van der Waals surface area (Å²) in [6, 6.07) is 14.7. The normalized spacial score (nSPS) is 16.4. The van der Waals surface area contributed by atoms with E-state index in [1.165, 1.54) is 0 Å².